The summed E-state index contributed by atoms with van der Waals surface area (Å²) in [5.74, 6) is -0.212. The lowest BCUT2D eigenvalue weighted by Gasteiger charge is -2.64. The average Bonchev–Trinajstić information content (AvgIpc) is 1.54. The zero-order valence-electron chi connectivity index (χ0n) is 53.3. The second-order valence-electron chi connectivity index (χ2n) is 28.7. The molecule has 93 heavy (non-hydrogen) atoms. The highest BCUT2D eigenvalue weighted by molar-refractivity contribution is 7.81. The number of fused-ring (bicyclic) bond motifs is 4. The van der Waals surface area contributed by atoms with Crippen LogP contribution in [0.4, 0.5) is 0 Å². The molecule has 0 radical (unpaired) electrons. The van der Waals surface area contributed by atoms with Crippen LogP contribution in [0.3, 0.4) is 0 Å². The van der Waals surface area contributed by atoms with Gasteiger partial charge in [-0.05, 0) is 87.4 Å². The first-order valence-electron chi connectivity index (χ1n) is 31.8. The summed E-state index contributed by atoms with van der Waals surface area (Å²) in [6.45, 7) is 12.4. The van der Waals surface area contributed by atoms with Crippen molar-refractivity contribution in [2.45, 2.75) is 266 Å². The number of Topliss-reactive ketones (excluding diaryl/α,β-unsaturated/α-hetero) is 1. The topological polar surface area (TPSA) is 474 Å². The van der Waals surface area contributed by atoms with Gasteiger partial charge in [-0.2, -0.15) is 16.8 Å². The molecule has 534 valence electrons. The Balaban J connectivity index is 0.926. The molecule has 32 nitrogen and oxygen atoms in total. The highest BCUT2D eigenvalue weighted by atomic mass is 32.3. The van der Waals surface area contributed by atoms with Crippen LogP contribution in [-0.4, -0.2) is 275 Å². The standard InChI is InChI=1S/C59H94O32S2/c1-24(2)18-26(61)19-58(8)34-13-16-57(7)28-10-11-33-55(4,5)35(14-15-56(33,6)27(28)12-17-59(34,57)54(71)90-58)85-52-47(38(65)32(22-80-52)91-93(75,76)77)89-53-48(88-50-40(67)39(66)36(63)30(20-60)83-50)41(68)44(25(3)82-53)86-51-43(70)46(37(64)31(84-51)23-81-92(72,73)74)87-49-42(69)45(78-9)29(62)21-79-49/h10,24-25,27,29-53,60,62-70H,11-23H2,1-9H3,(H,72,73,74)(H,75,76,77)/t25?,27?,29?,30?,31?,32?,33?,34?,35?,36?,37?,38?,39?,40?,41?,42?,43?,44?,45?,46?,47?,48?,49?,50?,51?,52?,53?,56-,57+,58+,59-/m1/s1. The molecular formula is C59H94O32S2. The Labute approximate surface area is 539 Å². The van der Waals surface area contributed by atoms with Crippen LogP contribution < -0.4 is 0 Å². The third-order valence-electron chi connectivity index (χ3n) is 22.2. The van der Waals surface area contributed by atoms with Gasteiger partial charge in [-0.15, -0.1) is 0 Å². The first-order chi connectivity index (χ1) is 43.3. The predicted molar refractivity (Wildman–Crippen MR) is 308 cm³/mol. The summed E-state index contributed by atoms with van der Waals surface area (Å²) in [5.41, 5.74) is -2.14. The number of aliphatic hydroxyl groups is 10. The van der Waals surface area contributed by atoms with Crippen molar-refractivity contribution in [1.29, 1.82) is 0 Å². The Morgan fingerprint density at radius 3 is 1.92 bits per heavy atom. The Morgan fingerprint density at radius 2 is 1.27 bits per heavy atom. The summed E-state index contributed by atoms with van der Waals surface area (Å²) in [6.07, 6.45) is -37.2. The number of carbonyl (C=O) groups is 2. The maximum atomic E-state index is 14.5. The number of methoxy groups -OCH3 is 1. The summed E-state index contributed by atoms with van der Waals surface area (Å²) in [4.78, 5) is 27.9. The number of hydrogen-bond donors (Lipinski definition) is 12. The molecule has 10 rings (SSSR count). The van der Waals surface area contributed by atoms with E-state index in [0.717, 1.165) is 20.0 Å². The zero-order chi connectivity index (χ0) is 68.2. The van der Waals surface area contributed by atoms with E-state index in [4.69, 9.17) is 61.0 Å². The van der Waals surface area contributed by atoms with E-state index in [1.165, 1.54) is 12.5 Å². The lowest BCUT2D eigenvalue weighted by molar-refractivity contribution is -0.405. The molecule has 6 heterocycles. The number of carbonyl (C=O) groups excluding carboxylic acids is 2. The van der Waals surface area contributed by atoms with Crippen molar-refractivity contribution in [3.8, 4) is 0 Å². The van der Waals surface area contributed by atoms with Gasteiger partial charge in [-0.1, -0.05) is 53.2 Å². The van der Waals surface area contributed by atoms with E-state index in [9.17, 15) is 86.6 Å². The number of ketones is 1. The van der Waals surface area contributed by atoms with Gasteiger partial charge in [-0.25, -0.2) is 8.37 Å². The minimum absolute atomic E-state index is 0.0422. The molecule has 34 heteroatoms. The van der Waals surface area contributed by atoms with Gasteiger partial charge in [0, 0.05) is 31.3 Å². The van der Waals surface area contributed by atoms with Crippen molar-refractivity contribution in [3.63, 3.8) is 0 Å². The number of rotatable bonds is 21. The van der Waals surface area contributed by atoms with Crippen LogP contribution in [0.1, 0.15) is 113 Å². The maximum absolute atomic E-state index is 14.5. The van der Waals surface area contributed by atoms with E-state index in [2.05, 4.69) is 24.1 Å². The first kappa shape index (κ1) is 73.5. The number of allylic oxidation sites excluding steroid dienone is 2. The van der Waals surface area contributed by atoms with Gasteiger partial charge in [0.2, 0.25) is 0 Å². The quantitative estimate of drug-likeness (QED) is 0.0336. The second kappa shape index (κ2) is 27.4. The van der Waals surface area contributed by atoms with Crippen molar-refractivity contribution in [2.75, 3.05) is 33.5 Å². The highest BCUT2D eigenvalue weighted by Gasteiger charge is 2.76. The van der Waals surface area contributed by atoms with Crippen LogP contribution in [0.15, 0.2) is 11.6 Å². The molecule has 0 aromatic heterocycles. The normalized spacial score (nSPS) is 49.2. The molecule has 0 aromatic carbocycles. The van der Waals surface area contributed by atoms with Crippen molar-refractivity contribution in [1.82, 2.24) is 0 Å². The maximum Gasteiger partial charge on any atom is 0.397 e. The molecule has 0 bridgehead atoms. The number of cyclic esters (lactones) is 1. The Morgan fingerprint density at radius 1 is 0.645 bits per heavy atom. The van der Waals surface area contributed by atoms with Gasteiger partial charge in [0.1, 0.15) is 115 Å². The summed E-state index contributed by atoms with van der Waals surface area (Å²) >= 11 is 0. The van der Waals surface area contributed by atoms with Crippen LogP contribution in [-0.2, 0) is 95.6 Å². The average molecular weight is 1380 g/mol. The molecule has 12 N–H and O–H groups in total. The first-order valence-corrected chi connectivity index (χ1v) is 34.5. The second-order valence-corrected chi connectivity index (χ2v) is 30.8. The number of ether oxygens (including phenoxy) is 12. The molecular weight excluding hydrogens is 1280 g/mol. The SMILES string of the molecule is COC1C(O)COC(OC2C(O)C(COS(=O)(=O)O)OC(OC3C(C)OC(OC4C(OC5CC[C@]6(C)C7CC[C@]89C(=O)O[C@@](C)(CC(=O)CC(C)C)C8CC[C@@]9(C)C7=CCC6C5(C)C)OCC(OS(=O)(=O)O)C4O)C(OC4OC(CO)C(O)C(O)C4O)C3O)C2O)C1O. The molecule has 3 saturated carbocycles. The van der Waals surface area contributed by atoms with E-state index >= 15 is 0 Å². The Hall–Kier alpha value is -2.22. The Kier molecular flexibility index (Phi) is 21.6. The third kappa shape index (κ3) is 13.7. The lowest BCUT2D eigenvalue weighted by Crippen LogP contribution is -2.68. The zero-order valence-corrected chi connectivity index (χ0v) is 54.9. The van der Waals surface area contributed by atoms with Crippen molar-refractivity contribution < 1.29 is 152 Å². The minimum Gasteiger partial charge on any atom is -0.458 e. The highest BCUT2D eigenvalue weighted by Crippen LogP contribution is 2.76. The molecule has 6 saturated heterocycles. The third-order valence-corrected chi connectivity index (χ3v) is 23.2. The summed E-state index contributed by atoms with van der Waals surface area (Å²) in [7, 11) is -9.39. The van der Waals surface area contributed by atoms with Gasteiger partial charge in [0.15, 0.2) is 31.5 Å². The van der Waals surface area contributed by atoms with Crippen LogP contribution in [0.2, 0.25) is 0 Å². The van der Waals surface area contributed by atoms with Crippen LogP contribution in [0, 0.1) is 45.3 Å². The van der Waals surface area contributed by atoms with E-state index in [1.807, 2.05) is 34.6 Å². The fourth-order valence-corrected chi connectivity index (χ4v) is 18.5. The van der Waals surface area contributed by atoms with E-state index in [-0.39, 0.29) is 47.3 Å². The molecule has 31 atom stereocenters. The van der Waals surface area contributed by atoms with E-state index in [0.29, 0.717) is 38.5 Å². The van der Waals surface area contributed by atoms with Crippen LogP contribution in [0.5, 0.6) is 0 Å². The van der Waals surface area contributed by atoms with Crippen LogP contribution >= 0.6 is 0 Å². The molecule has 9 fully saturated rings. The van der Waals surface area contributed by atoms with Crippen molar-refractivity contribution >= 4 is 32.6 Å². The van der Waals surface area contributed by atoms with Crippen molar-refractivity contribution in [3.05, 3.63) is 11.6 Å². The van der Waals surface area contributed by atoms with Gasteiger partial charge < -0.3 is 108 Å². The monoisotopic (exact) mass is 1380 g/mol. The molecule has 0 amide bonds. The lowest BCUT2D eigenvalue weighted by atomic mass is 9.41. The van der Waals surface area contributed by atoms with E-state index in [1.54, 1.807) is 0 Å². The predicted octanol–water partition coefficient (Wildman–Crippen LogP) is -2.01. The Bertz CT molecular complexity index is 2920. The van der Waals surface area contributed by atoms with Crippen LogP contribution in [0.25, 0.3) is 0 Å². The smallest absolute Gasteiger partial charge is 0.397 e. The molecule has 6 aliphatic heterocycles. The summed E-state index contributed by atoms with van der Waals surface area (Å²) in [5, 5.41) is 112. The van der Waals surface area contributed by atoms with Gasteiger partial charge >= 0.3 is 26.8 Å². The number of hydrogen-bond acceptors (Lipinski definition) is 30. The minimum atomic E-state index is -5.32. The number of esters is 1. The van der Waals surface area contributed by atoms with Crippen molar-refractivity contribution in [2.24, 2.45) is 45.3 Å². The molecule has 10 aliphatic rings. The number of aliphatic hydroxyl groups excluding tert-OH is 10. The van der Waals surface area contributed by atoms with Gasteiger partial charge in [0.05, 0.1) is 44.1 Å². The molecule has 27 unspecified atom stereocenters. The molecule has 4 aliphatic carbocycles. The largest absolute Gasteiger partial charge is 0.458 e. The fourth-order valence-electron chi connectivity index (χ4n) is 17.7. The summed E-state index contributed by atoms with van der Waals surface area (Å²) in [6, 6.07) is 0. The van der Waals surface area contributed by atoms with E-state index < -0.39 is 216 Å². The van der Waals surface area contributed by atoms with Gasteiger partial charge in [0.25, 0.3) is 0 Å². The molecule has 0 aromatic rings. The van der Waals surface area contributed by atoms with Gasteiger partial charge in [-0.3, -0.25) is 18.7 Å². The fraction of sp³-hybridized carbons (Fsp3) is 0.932. The molecule has 1 spiro atoms. The summed E-state index contributed by atoms with van der Waals surface area (Å²) < 4.78 is 149.